The summed E-state index contributed by atoms with van der Waals surface area (Å²) in [6.45, 7) is 6.08. The summed E-state index contributed by atoms with van der Waals surface area (Å²) in [7, 11) is 2.18. The van der Waals surface area contributed by atoms with Crippen molar-refractivity contribution in [2.75, 3.05) is 45.1 Å². The Bertz CT molecular complexity index is 1350. The molecule has 1 fully saturated rings. The zero-order chi connectivity index (χ0) is 25.6. The van der Waals surface area contributed by atoms with Crippen molar-refractivity contribution in [3.63, 3.8) is 0 Å². The van der Waals surface area contributed by atoms with E-state index in [1.807, 2.05) is 24.4 Å². The van der Waals surface area contributed by atoms with Crippen molar-refractivity contribution in [2.24, 2.45) is 0 Å². The van der Waals surface area contributed by atoms with Gasteiger partial charge in [-0.15, -0.1) is 11.3 Å². The van der Waals surface area contributed by atoms with Crippen LogP contribution in [0.1, 0.15) is 37.0 Å². The van der Waals surface area contributed by atoms with Crippen LogP contribution in [0, 0.1) is 0 Å². The van der Waals surface area contributed by atoms with Gasteiger partial charge in [0.2, 0.25) is 5.91 Å². The third-order valence-electron chi connectivity index (χ3n) is 6.87. The number of piperazine rings is 1. The van der Waals surface area contributed by atoms with Crippen molar-refractivity contribution in [1.29, 1.82) is 0 Å². The summed E-state index contributed by atoms with van der Waals surface area (Å²) < 4.78 is 1.09. The zero-order valence-corrected chi connectivity index (χ0v) is 22.0. The molecule has 5 rings (SSSR count). The fraction of sp³-hybridized carbons (Fsp3) is 0.462. The second-order valence-electron chi connectivity index (χ2n) is 9.67. The molecule has 1 aromatic carbocycles. The topological polar surface area (TPSA) is 122 Å². The van der Waals surface area contributed by atoms with Crippen molar-refractivity contribution in [3.05, 3.63) is 35.3 Å². The van der Waals surface area contributed by atoms with Gasteiger partial charge in [0, 0.05) is 61.5 Å². The molecule has 4 N–H and O–H groups in total. The average Bonchev–Trinajstić information content (AvgIpc) is 3.55. The molecule has 37 heavy (non-hydrogen) atoms. The van der Waals surface area contributed by atoms with Crippen LogP contribution in [-0.2, 0) is 11.3 Å². The molecule has 0 aliphatic carbocycles. The highest BCUT2D eigenvalue weighted by atomic mass is 32.1. The van der Waals surface area contributed by atoms with E-state index in [1.54, 1.807) is 16.8 Å². The molecule has 0 bridgehead atoms. The number of rotatable bonds is 11. The lowest BCUT2D eigenvalue weighted by Gasteiger charge is -2.31. The monoisotopic (exact) mass is 522 g/mol. The summed E-state index contributed by atoms with van der Waals surface area (Å²) in [5.41, 5.74) is 4.59. The maximum Gasteiger partial charge on any atom is 0.243 e. The molecule has 0 atom stereocenters. The van der Waals surface area contributed by atoms with Gasteiger partial charge in [-0.05, 0) is 32.0 Å². The number of benzene rings is 1. The number of aromatic nitrogens is 4. The molecule has 10 nitrogen and oxygen atoms in total. The first-order chi connectivity index (χ1) is 18.1. The van der Waals surface area contributed by atoms with E-state index in [0.717, 1.165) is 97.5 Å². The summed E-state index contributed by atoms with van der Waals surface area (Å²) in [4.78, 5) is 27.3. The minimum atomic E-state index is -0.327. The van der Waals surface area contributed by atoms with Gasteiger partial charge in [0.25, 0.3) is 0 Å². The van der Waals surface area contributed by atoms with Gasteiger partial charge in [0.1, 0.15) is 5.82 Å². The summed E-state index contributed by atoms with van der Waals surface area (Å²) in [5.74, 6) is 1.24. The number of nitrogens with zero attached hydrogens (tertiary/aromatic N) is 5. The number of hydroxylamine groups is 1. The molecule has 3 aromatic heterocycles. The van der Waals surface area contributed by atoms with E-state index < -0.39 is 0 Å². The number of amides is 1. The van der Waals surface area contributed by atoms with Gasteiger partial charge < -0.3 is 10.2 Å². The fourth-order valence-electron chi connectivity index (χ4n) is 4.71. The predicted octanol–water partition coefficient (Wildman–Crippen LogP) is 3.85. The molecule has 11 heteroatoms. The van der Waals surface area contributed by atoms with E-state index in [1.165, 1.54) is 4.88 Å². The summed E-state index contributed by atoms with van der Waals surface area (Å²) in [6.07, 6.45) is 5.86. The number of anilines is 1. The van der Waals surface area contributed by atoms with Gasteiger partial charge in [-0.2, -0.15) is 5.10 Å². The predicted molar refractivity (Wildman–Crippen MR) is 147 cm³/mol. The van der Waals surface area contributed by atoms with E-state index in [9.17, 15) is 4.79 Å². The molecule has 0 saturated carbocycles. The van der Waals surface area contributed by atoms with Crippen LogP contribution in [0.4, 0.5) is 5.82 Å². The lowest BCUT2D eigenvalue weighted by Crippen LogP contribution is -2.43. The van der Waals surface area contributed by atoms with Crippen molar-refractivity contribution in [3.8, 4) is 11.4 Å². The summed E-state index contributed by atoms with van der Waals surface area (Å²) in [6, 6.07) is 8.27. The van der Waals surface area contributed by atoms with Gasteiger partial charge in [-0.3, -0.25) is 20.0 Å². The van der Waals surface area contributed by atoms with Crippen LogP contribution in [0.3, 0.4) is 0 Å². The molecule has 1 aliphatic rings. The van der Waals surface area contributed by atoms with Crippen LogP contribution in [0.5, 0.6) is 0 Å². The van der Waals surface area contributed by atoms with Crippen molar-refractivity contribution >= 4 is 44.2 Å². The number of unbranched alkanes of at least 4 members (excludes halogenated alkanes) is 3. The first-order valence-corrected chi connectivity index (χ1v) is 13.7. The Morgan fingerprint density at radius 2 is 1.97 bits per heavy atom. The van der Waals surface area contributed by atoms with Crippen LogP contribution < -0.4 is 10.8 Å². The lowest BCUT2D eigenvalue weighted by molar-refractivity contribution is -0.129. The Hall–Kier alpha value is -3.12. The Labute approximate surface area is 220 Å². The van der Waals surface area contributed by atoms with Crippen molar-refractivity contribution < 1.29 is 10.0 Å². The fourth-order valence-corrected chi connectivity index (χ4v) is 5.82. The number of fused-ring (bicyclic) bond motifs is 2. The summed E-state index contributed by atoms with van der Waals surface area (Å²) >= 11 is 1.78. The zero-order valence-electron chi connectivity index (χ0n) is 21.2. The summed E-state index contributed by atoms with van der Waals surface area (Å²) in [5, 5.41) is 20.4. The third-order valence-corrected chi connectivity index (χ3v) is 7.99. The number of thiophene rings is 1. The van der Waals surface area contributed by atoms with E-state index >= 15 is 0 Å². The van der Waals surface area contributed by atoms with E-state index in [2.05, 4.69) is 38.4 Å². The highest BCUT2D eigenvalue weighted by molar-refractivity contribution is 7.19. The highest BCUT2D eigenvalue weighted by Crippen LogP contribution is 2.34. The van der Waals surface area contributed by atoms with Crippen molar-refractivity contribution in [1.82, 2.24) is 35.4 Å². The number of hydrogen-bond acceptors (Lipinski definition) is 9. The number of hydrogen-bond donors (Lipinski definition) is 4. The molecule has 4 heterocycles. The Morgan fingerprint density at radius 3 is 2.81 bits per heavy atom. The highest BCUT2D eigenvalue weighted by Gasteiger charge is 2.18. The maximum absolute atomic E-state index is 11.2. The molecule has 1 aliphatic heterocycles. The van der Waals surface area contributed by atoms with Crippen LogP contribution in [0.25, 0.3) is 32.5 Å². The molecule has 4 aromatic rings. The molecule has 1 saturated heterocycles. The first-order valence-electron chi connectivity index (χ1n) is 12.9. The SMILES string of the molecule is CN1CCN(Cc2cc3nc(-c4cccc5[nH]ncc45)nc(NCCCCCCC(=O)NO)c3s2)CC1. The quantitative estimate of drug-likeness (QED) is 0.133. The first kappa shape index (κ1) is 25.5. The largest absolute Gasteiger partial charge is 0.369 e. The molecule has 0 unspecified atom stereocenters. The smallest absolute Gasteiger partial charge is 0.243 e. The standard InChI is InChI=1S/C26H34N8O2S/c1-33-11-13-34(14-12-33)17-18-15-22-24(37-18)26(27-10-5-3-2-4-9-23(35)32-36)30-25(29-22)19-7-6-8-21-20(19)16-28-31-21/h6-8,15-16,36H,2-5,9-14,17H2,1H3,(H,28,31)(H,32,35)(H,27,29,30). The van der Waals surface area contributed by atoms with Crippen LogP contribution in [0.2, 0.25) is 0 Å². The number of nitrogens with one attached hydrogen (secondary N) is 3. The molecule has 1 amide bonds. The minimum Gasteiger partial charge on any atom is -0.369 e. The van der Waals surface area contributed by atoms with Crippen LogP contribution >= 0.6 is 11.3 Å². The van der Waals surface area contributed by atoms with Crippen LogP contribution in [-0.4, -0.2) is 80.9 Å². The second kappa shape index (κ2) is 12.0. The lowest BCUT2D eigenvalue weighted by atomic mass is 10.1. The van der Waals surface area contributed by atoms with Crippen molar-refractivity contribution in [2.45, 2.75) is 38.6 Å². The average molecular weight is 523 g/mol. The number of aromatic amines is 1. The number of carbonyl (C=O) groups excluding carboxylic acids is 1. The normalized spacial score (nSPS) is 15.0. The molecule has 0 spiro atoms. The maximum atomic E-state index is 11.2. The van der Waals surface area contributed by atoms with Gasteiger partial charge in [0.05, 0.1) is 21.9 Å². The third kappa shape index (κ3) is 6.24. The number of H-pyrrole nitrogens is 1. The van der Waals surface area contributed by atoms with Gasteiger partial charge in [-0.25, -0.2) is 15.4 Å². The van der Waals surface area contributed by atoms with E-state index in [-0.39, 0.29) is 5.91 Å². The Kier molecular flexibility index (Phi) is 8.24. The van der Waals surface area contributed by atoms with E-state index in [0.29, 0.717) is 12.2 Å². The van der Waals surface area contributed by atoms with Gasteiger partial charge in [-0.1, -0.05) is 25.0 Å². The minimum absolute atomic E-state index is 0.327. The van der Waals surface area contributed by atoms with E-state index in [4.69, 9.17) is 15.2 Å². The molecular formula is C26H34N8O2S. The Balaban J connectivity index is 1.35. The number of carbonyl (C=O) groups is 1. The number of likely N-dealkylation sites (N-methyl/N-ethyl adjacent to an activating group) is 1. The molecule has 196 valence electrons. The van der Waals surface area contributed by atoms with Crippen LogP contribution in [0.15, 0.2) is 30.5 Å². The second-order valence-corrected chi connectivity index (χ2v) is 10.8. The molecular weight excluding hydrogens is 488 g/mol. The molecule has 0 radical (unpaired) electrons. The van der Waals surface area contributed by atoms with Gasteiger partial charge in [0.15, 0.2) is 5.82 Å². The van der Waals surface area contributed by atoms with Gasteiger partial charge >= 0.3 is 0 Å². The Morgan fingerprint density at radius 1 is 1.14 bits per heavy atom.